The highest BCUT2D eigenvalue weighted by Crippen LogP contribution is 2.15. The summed E-state index contributed by atoms with van der Waals surface area (Å²) in [6.45, 7) is 16.3. The highest BCUT2D eigenvalue weighted by molar-refractivity contribution is 7.09. The Hall–Kier alpha value is -3.07. The Kier molecular flexibility index (Phi) is 13.4. The SMILES string of the molecule is CC(C)C(=O)c1ccno1.CC(C)c1ccno1.CC(C)c1ccon1.CC(C)c1nccs1. The van der Waals surface area contributed by atoms with E-state index in [1.165, 1.54) is 11.2 Å². The normalized spacial score (nSPS) is 10.4. The lowest BCUT2D eigenvalue weighted by Crippen LogP contribution is -2.05. The third-order valence-corrected chi connectivity index (χ3v) is 5.30. The van der Waals surface area contributed by atoms with Crippen LogP contribution in [0.5, 0.6) is 0 Å². The lowest BCUT2D eigenvalue weighted by Gasteiger charge is -1.96. The maximum atomic E-state index is 11.1. The molecule has 0 spiro atoms. The number of hydrogen-bond acceptors (Lipinski definition) is 9. The lowest BCUT2D eigenvalue weighted by atomic mass is 10.1. The molecule has 4 rings (SSSR count). The second-order valence-corrected chi connectivity index (χ2v) is 9.50. The summed E-state index contributed by atoms with van der Waals surface area (Å²) in [6, 6.07) is 5.33. The van der Waals surface area contributed by atoms with Crippen LogP contribution in [-0.2, 0) is 0 Å². The molecular weight excluding hydrogens is 452 g/mol. The van der Waals surface area contributed by atoms with Crippen LogP contribution in [0.2, 0.25) is 0 Å². The van der Waals surface area contributed by atoms with Crippen LogP contribution in [0.4, 0.5) is 0 Å². The number of carbonyl (C=O) groups excluding carboxylic acids is 1. The largest absolute Gasteiger partial charge is 0.365 e. The molecule has 0 atom stereocenters. The fourth-order valence-corrected chi connectivity index (χ4v) is 2.85. The maximum absolute atomic E-state index is 11.1. The van der Waals surface area contributed by atoms with Gasteiger partial charge in [-0.15, -0.1) is 11.3 Å². The van der Waals surface area contributed by atoms with Crippen molar-refractivity contribution >= 4 is 17.1 Å². The van der Waals surface area contributed by atoms with Gasteiger partial charge < -0.3 is 13.6 Å². The molecule has 186 valence electrons. The molecule has 9 heteroatoms. The average molecular weight is 489 g/mol. The second kappa shape index (κ2) is 15.7. The molecule has 0 saturated heterocycles. The smallest absolute Gasteiger partial charge is 0.203 e. The van der Waals surface area contributed by atoms with Crippen molar-refractivity contribution in [3.05, 3.63) is 70.7 Å². The Labute approximate surface area is 205 Å². The molecule has 0 amide bonds. The highest BCUT2D eigenvalue weighted by atomic mass is 32.1. The first-order valence-corrected chi connectivity index (χ1v) is 12.2. The lowest BCUT2D eigenvalue weighted by molar-refractivity contribution is 0.0902. The van der Waals surface area contributed by atoms with Crippen LogP contribution in [0.3, 0.4) is 0 Å². The van der Waals surface area contributed by atoms with Gasteiger partial charge in [-0.2, -0.15) is 0 Å². The number of hydrogen-bond donors (Lipinski definition) is 0. The first-order valence-electron chi connectivity index (χ1n) is 11.3. The van der Waals surface area contributed by atoms with E-state index in [-0.39, 0.29) is 11.7 Å². The molecule has 0 aliphatic heterocycles. The number of rotatable bonds is 5. The molecule has 0 aromatic carbocycles. The van der Waals surface area contributed by atoms with E-state index in [0.717, 1.165) is 11.5 Å². The van der Waals surface area contributed by atoms with E-state index in [9.17, 15) is 4.79 Å². The van der Waals surface area contributed by atoms with Crippen molar-refractivity contribution in [3.63, 3.8) is 0 Å². The third kappa shape index (κ3) is 11.2. The Bertz CT molecular complexity index is 885. The average Bonchev–Trinajstić information content (AvgIpc) is 3.63. The van der Waals surface area contributed by atoms with E-state index in [2.05, 4.69) is 71.0 Å². The molecule has 4 aromatic heterocycles. The number of carbonyl (C=O) groups is 1. The van der Waals surface area contributed by atoms with Gasteiger partial charge in [-0.1, -0.05) is 70.9 Å². The van der Waals surface area contributed by atoms with Crippen molar-refractivity contribution in [2.75, 3.05) is 0 Å². The van der Waals surface area contributed by atoms with Crippen molar-refractivity contribution in [1.82, 2.24) is 20.5 Å². The number of aromatic nitrogens is 4. The first-order chi connectivity index (χ1) is 16.1. The van der Waals surface area contributed by atoms with Gasteiger partial charge in [0.25, 0.3) is 0 Å². The molecule has 0 fully saturated rings. The van der Waals surface area contributed by atoms with Crippen molar-refractivity contribution in [1.29, 1.82) is 0 Å². The molecule has 4 heterocycles. The van der Waals surface area contributed by atoms with Crippen LogP contribution >= 0.6 is 11.3 Å². The van der Waals surface area contributed by atoms with E-state index < -0.39 is 0 Å². The number of thiazole rings is 1. The van der Waals surface area contributed by atoms with Gasteiger partial charge in [0.05, 0.1) is 23.1 Å². The highest BCUT2D eigenvalue weighted by Gasteiger charge is 2.13. The summed E-state index contributed by atoms with van der Waals surface area (Å²) in [4.78, 5) is 15.2. The van der Waals surface area contributed by atoms with E-state index in [1.807, 2.05) is 37.6 Å². The predicted octanol–water partition coefficient (Wildman–Crippen LogP) is 7.38. The van der Waals surface area contributed by atoms with Gasteiger partial charge >= 0.3 is 0 Å². The Morgan fingerprint density at radius 1 is 0.824 bits per heavy atom. The molecule has 0 radical (unpaired) electrons. The van der Waals surface area contributed by atoms with Gasteiger partial charge in [0.15, 0.2) is 0 Å². The monoisotopic (exact) mass is 488 g/mol. The van der Waals surface area contributed by atoms with E-state index in [0.29, 0.717) is 23.5 Å². The topological polar surface area (TPSA) is 108 Å². The van der Waals surface area contributed by atoms with Crippen molar-refractivity contribution < 1.29 is 18.4 Å². The Balaban J connectivity index is 0.000000228. The van der Waals surface area contributed by atoms with Gasteiger partial charge in [-0.3, -0.25) is 4.79 Å². The fraction of sp³-hybridized carbons (Fsp3) is 0.480. The van der Waals surface area contributed by atoms with E-state index in [1.54, 1.807) is 29.9 Å². The maximum Gasteiger partial charge on any atom is 0.203 e. The summed E-state index contributed by atoms with van der Waals surface area (Å²) in [7, 11) is 0. The van der Waals surface area contributed by atoms with Crippen molar-refractivity contribution in [2.24, 2.45) is 5.92 Å². The van der Waals surface area contributed by atoms with Gasteiger partial charge in [0.2, 0.25) is 11.5 Å². The van der Waals surface area contributed by atoms with Gasteiger partial charge in [-0.25, -0.2) is 4.98 Å². The van der Waals surface area contributed by atoms with Gasteiger partial charge in [0, 0.05) is 47.5 Å². The minimum absolute atomic E-state index is 0.00231. The minimum atomic E-state index is -0.0204. The zero-order valence-electron chi connectivity index (χ0n) is 21.3. The van der Waals surface area contributed by atoms with E-state index in [4.69, 9.17) is 4.52 Å². The van der Waals surface area contributed by atoms with Crippen molar-refractivity contribution in [2.45, 2.75) is 73.1 Å². The van der Waals surface area contributed by atoms with Crippen LogP contribution in [-0.4, -0.2) is 26.2 Å². The molecule has 0 unspecified atom stereocenters. The first kappa shape index (κ1) is 29.0. The van der Waals surface area contributed by atoms with Crippen LogP contribution in [0.25, 0.3) is 0 Å². The summed E-state index contributed by atoms with van der Waals surface area (Å²) in [5, 5.41) is 14.0. The predicted molar refractivity (Wildman–Crippen MR) is 133 cm³/mol. The zero-order chi connectivity index (χ0) is 25.5. The summed E-state index contributed by atoms with van der Waals surface area (Å²) >= 11 is 1.72. The molecule has 0 aliphatic carbocycles. The van der Waals surface area contributed by atoms with Crippen LogP contribution < -0.4 is 0 Å². The third-order valence-electron chi connectivity index (χ3n) is 4.23. The molecule has 0 aliphatic rings. The second-order valence-electron chi connectivity index (χ2n) is 8.57. The number of ketones is 1. The summed E-state index contributed by atoms with van der Waals surface area (Å²) < 4.78 is 14.1. The minimum Gasteiger partial charge on any atom is -0.365 e. The van der Waals surface area contributed by atoms with Gasteiger partial charge in [-0.05, 0) is 5.92 Å². The Morgan fingerprint density at radius 2 is 1.50 bits per heavy atom. The molecular formula is C25H36N4O4S. The van der Waals surface area contributed by atoms with Crippen molar-refractivity contribution in [3.8, 4) is 0 Å². The van der Waals surface area contributed by atoms with E-state index >= 15 is 0 Å². The quantitative estimate of drug-likeness (QED) is 0.268. The fourth-order valence-electron chi connectivity index (χ4n) is 2.19. The zero-order valence-corrected chi connectivity index (χ0v) is 22.1. The van der Waals surface area contributed by atoms with Crippen LogP contribution in [0, 0.1) is 5.92 Å². The molecule has 0 bridgehead atoms. The molecule has 0 N–H and O–H groups in total. The Morgan fingerprint density at radius 3 is 1.79 bits per heavy atom. The van der Waals surface area contributed by atoms with Gasteiger partial charge in [0.1, 0.15) is 12.0 Å². The molecule has 4 aromatic rings. The molecule has 0 saturated carbocycles. The standard InChI is InChI=1S/C7H9NO2.2C6H9NO.C6H9NS/c1-5(2)7(9)6-3-4-8-10-6;1-5(2)6-3-4-8-7-6;1-5(2)6-3-4-7-8-6;1-5(2)6-7-3-4-8-6/h3-5H,1-2H3;3*3-5H,1-2H3. The summed E-state index contributed by atoms with van der Waals surface area (Å²) in [5.74, 6) is 2.80. The van der Waals surface area contributed by atoms with Crippen LogP contribution in [0.15, 0.2) is 62.0 Å². The molecule has 34 heavy (non-hydrogen) atoms. The summed E-state index contributed by atoms with van der Waals surface area (Å²) in [6.07, 6.45) is 6.57. The van der Waals surface area contributed by atoms with Crippen LogP contribution in [0.1, 0.15) is 100 Å². The number of nitrogens with zero attached hydrogens (tertiary/aromatic N) is 4. The summed E-state index contributed by atoms with van der Waals surface area (Å²) in [5.41, 5.74) is 1.02. The molecule has 8 nitrogen and oxygen atoms in total. The number of Topliss-reactive ketones (excluding diaryl/α,β-unsaturated/α-hetero) is 1.